The Morgan fingerprint density at radius 3 is 2.43 bits per heavy atom. The third-order valence-electron chi connectivity index (χ3n) is 1.64. The van der Waals surface area contributed by atoms with Gasteiger partial charge in [0.05, 0.1) is 11.8 Å². The van der Waals surface area contributed by atoms with Crippen LogP contribution in [0.5, 0.6) is 0 Å². The summed E-state index contributed by atoms with van der Waals surface area (Å²) in [5, 5.41) is 3.09. The van der Waals surface area contributed by atoms with E-state index in [1.165, 1.54) is 0 Å². The van der Waals surface area contributed by atoms with Gasteiger partial charge in [0.15, 0.2) is 0 Å². The van der Waals surface area contributed by atoms with E-state index in [1.807, 2.05) is 20.8 Å². The average molecular weight is 220 g/mol. The van der Waals surface area contributed by atoms with Crippen molar-refractivity contribution in [2.45, 2.75) is 32.1 Å². The maximum Gasteiger partial charge on any atom is 0.205 e. The Labute approximate surface area is 88.0 Å². The number of hydrogen-bond donors (Lipinski definition) is 3. The van der Waals surface area contributed by atoms with Crippen molar-refractivity contribution in [3.05, 3.63) is 0 Å². The van der Waals surface area contributed by atoms with Gasteiger partial charge in [0.25, 0.3) is 0 Å². The van der Waals surface area contributed by atoms with Crippen LogP contribution in [-0.4, -0.2) is 34.3 Å². The predicted molar refractivity (Wildman–Crippen MR) is 61.4 cm³/mol. The maximum atomic E-state index is 11.0. The van der Waals surface area contributed by atoms with E-state index < -0.39 is 10.8 Å². The Kier molecular flexibility index (Phi) is 6.48. The van der Waals surface area contributed by atoms with Crippen LogP contribution in [0, 0.1) is 0 Å². The van der Waals surface area contributed by atoms with Gasteiger partial charge in [0, 0.05) is 23.1 Å². The van der Waals surface area contributed by atoms with Crippen LogP contribution < -0.4 is 16.6 Å². The monoisotopic (exact) mass is 220 g/mol. The summed E-state index contributed by atoms with van der Waals surface area (Å²) in [6.45, 7) is 6.38. The van der Waals surface area contributed by atoms with E-state index in [2.05, 4.69) is 15.7 Å². The number of nitrogens with one attached hydrogen (secondary N) is 2. The van der Waals surface area contributed by atoms with Crippen LogP contribution in [0.1, 0.15) is 20.8 Å². The molecule has 5 nitrogen and oxygen atoms in total. The molecule has 4 N–H and O–H groups in total. The summed E-state index contributed by atoms with van der Waals surface area (Å²) in [5.74, 6) is 5.80. The number of nitrogens with zero attached hydrogens (tertiary/aromatic N) is 1. The molecule has 0 spiro atoms. The highest BCUT2D eigenvalue weighted by Crippen LogP contribution is 1.92. The minimum absolute atomic E-state index is 0.0484. The van der Waals surface area contributed by atoms with Gasteiger partial charge in [0.1, 0.15) is 0 Å². The first kappa shape index (κ1) is 13.4. The fourth-order valence-corrected chi connectivity index (χ4v) is 1.02. The molecule has 0 aromatic carbocycles. The van der Waals surface area contributed by atoms with E-state index >= 15 is 0 Å². The Morgan fingerprint density at radius 1 is 1.50 bits per heavy atom. The van der Waals surface area contributed by atoms with Crippen molar-refractivity contribution < 1.29 is 4.21 Å². The quantitative estimate of drug-likeness (QED) is 0.260. The van der Waals surface area contributed by atoms with Crippen molar-refractivity contribution in [3.8, 4) is 0 Å². The summed E-state index contributed by atoms with van der Waals surface area (Å²) in [4.78, 5) is 4.18. The Balaban J connectivity index is 4.10. The van der Waals surface area contributed by atoms with Crippen molar-refractivity contribution >= 4 is 16.8 Å². The third-order valence-corrected chi connectivity index (χ3v) is 2.92. The number of rotatable bonds is 4. The summed E-state index contributed by atoms with van der Waals surface area (Å²) >= 11 is 0. The number of hydrogen-bond acceptors (Lipinski definition) is 3. The highest BCUT2D eigenvalue weighted by atomic mass is 32.2. The lowest BCUT2D eigenvalue weighted by Crippen LogP contribution is -2.45. The Hall–Kier alpha value is -0.620. The molecule has 14 heavy (non-hydrogen) atoms. The zero-order valence-electron chi connectivity index (χ0n) is 9.20. The minimum Gasteiger partial charge on any atom is -0.353 e. The van der Waals surface area contributed by atoms with E-state index in [-0.39, 0.29) is 11.3 Å². The lowest BCUT2D eigenvalue weighted by Gasteiger charge is -2.13. The summed E-state index contributed by atoms with van der Waals surface area (Å²) in [6, 6.07) is 0.271. The normalized spacial score (nSPS) is 16.6. The van der Waals surface area contributed by atoms with Gasteiger partial charge >= 0.3 is 0 Å². The Bertz CT molecular complexity index is 217. The summed E-state index contributed by atoms with van der Waals surface area (Å²) in [5.41, 5.74) is 2.47. The van der Waals surface area contributed by atoms with Crippen LogP contribution in [0.3, 0.4) is 0 Å². The molecule has 0 saturated heterocycles. The van der Waals surface area contributed by atoms with Crippen molar-refractivity contribution in [3.63, 3.8) is 0 Å². The van der Waals surface area contributed by atoms with Crippen LogP contribution >= 0.6 is 0 Å². The molecule has 0 heterocycles. The molecule has 0 fully saturated rings. The first-order chi connectivity index (χ1) is 6.47. The molecule has 84 valence electrons. The van der Waals surface area contributed by atoms with E-state index in [0.29, 0.717) is 12.5 Å². The molecule has 2 atom stereocenters. The van der Waals surface area contributed by atoms with Crippen molar-refractivity contribution in [2.24, 2.45) is 10.8 Å². The smallest absolute Gasteiger partial charge is 0.205 e. The lowest BCUT2D eigenvalue weighted by molar-refractivity contribution is 0.675. The van der Waals surface area contributed by atoms with Gasteiger partial charge in [0.2, 0.25) is 5.96 Å². The zero-order chi connectivity index (χ0) is 11.1. The van der Waals surface area contributed by atoms with Gasteiger partial charge < -0.3 is 5.32 Å². The first-order valence-corrected chi connectivity index (χ1v) is 6.19. The summed E-state index contributed by atoms with van der Waals surface area (Å²) < 4.78 is 11.0. The fourth-order valence-electron chi connectivity index (χ4n) is 0.731. The van der Waals surface area contributed by atoms with E-state index in [4.69, 9.17) is 5.84 Å². The van der Waals surface area contributed by atoms with Gasteiger partial charge in [-0.1, -0.05) is 0 Å². The van der Waals surface area contributed by atoms with E-state index in [1.54, 1.807) is 6.26 Å². The molecule has 2 unspecified atom stereocenters. The summed E-state index contributed by atoms with van der Waals surface area (Å²) in [6.07, 6.45) is 1.67. The van der Waals surface area contributed by atoms with E-state index in [0.717, 1.165) is 0 Å². The Morgan fingerprint density at radius 2 is 2.07 bits per heavy atom. The molecule has 0 radical (unpaired) electrons. The molecule has 0 aromatic heterocycles. The molecule has 0 aliphatic carbocycles. The third kappa shape index (κ3) is 5.93. The predicted octanol–water partition coefficient (Wildman–Crippen LogP) is -0.429. The zero-order valence-corrected chi connectivity index (χ0v) is 10.0. The van der Waals surface area contributed by atoms with Gasteiger partial charge in [-0.2, -0.15) is 0 Å². The van der Waals surface area contributed by atoms with Crippen molar-refractivity contribution in [2.75, 3.05) is 12.8 Å². The van der Waals surface area contributed by atoms with Crippen LogP contribution in [-0.2, 0) is 10.8 Å². The molecule has 0 aromatic rings. The minimum atomic E-state index is -0.845. The summed E-state index contributed by atoms with van der Waals surface area (Å²) in [7, 11) is -0.845. The van der Waals surface area contributed by atoms with Crippen molar-refractivity contribution in [1.29, 1.82) is 0 Å². The number of aliphatic imine (C=N–C) groups is 1. The van der Waals surface area contributed by atoms with Crippen LogP contribution in [0.25, 0.3) is 0 Å². The number of hydrazine groups is 1. The second-order valence-electron chi connectivity index (χ2n) is 3.44. The second kappa shape index (κ2) is 6.78. The fraction of sp³-hybridized carbons (Fsp3) is 0.875. The number of guanidine groups is 1. The molecule has 0 saturated carbocycles. The van der Waals surface area contributed by atoms with Crippen LogP contribution in [0.15, 0.2) is 4.99 Å². The standard InChI is InChI=1S/C8H20N4OS/c1-6(2)11-8(12-9)10-5-7(3)14(4)13/h6-7H,5,9H2,1-4H3,(H2,10,11,12). The molecule has 0 rings (SSSR count). The van der Waals surface area contributed by atoms with Crippen molar-refractivity contribution in [1.82, 2.24) is 10.7 Å². The topological polar surface area (TPSA) is 79.5 Å². The molecule has 0 amide bonds. The maximum absolute atomic E-state index is 11.0. The van der Waals surface area contributed by atoms with Crippen LogP contribution in [0.4, 0.5) is 0 Å². The van der Waals surface area contributed by atoms with Gasteiger partial charge in [-0.25, -0.2) is 5.84 Å². The highest BCUT2D eigenvalue weighted by Gasteiger charge is 2.05. The molecule has 0 aliphatic heterocycles. The van der Waals surface area contributed by atoms with Crippen LogP contribution in [0.2, 0.25) is 0 Å². The van der Waals surface area contributed by atoms with E-state index in [9.17, 15) is 4.21 Å². The number of nitrogens with two attached hydrogens (primary N) is 1. The lowest BCUT2D eigenvalue weighted by atomic mass is 10.4. The van der Waals surface area contributed by atoms with Gasteiger partial charge in [-0.05, 0) is 20.8 Å². The first-order valence-electron chi connectivity index (χ1n) is 4.57. The molecule has 6 heteroatoms. The SMILES string of the molecule is CC(C)NC(=NCC(C)S(C)=O)NN. The second-order valence-corrected chi connectivity index (χ2v) is 5.24. The van der Waals surface area contributed by atoms with Gasteiger partial charge in [-0.3, -0.25) is 14.6 Å². The molecular formula is C8H20N4OS. The largest absolute Gasteiger partial charge is 0.353 e. The van der Waals surface area contributed by atoms with Gasteiger partial charge in [-0.15, -0.1) is 0 Å². The molecule has 0 aliphatic rings. The highest BCUT2D eigenvalue weighted by molar-refractivity contribution is 7.84. The molecule has 0 bridgehead atoms. The molecular weight excluding hydrogens is 200 g/mol. The average Bonchev–Trinajstić information content (AvgIpc) is 2.10.